The molecule has 0 atom stereocenters. The largest absolute Gasteiger partial charge is 0.329 e. The number of imide groups is 1. The topological polar surface area (TPSA) is 40.6 Å². The maximum absolute atomic E-state index is 13.4. The summed E-state index contributed by atoms with van der Waals surface area (Å²) in [5.41, 5.74) is 0.0340. The third-order valence-corrected chi connectivity index (χ3v) is 4.30. The van der Waals surface area contributed by atoms with Gasteiger partial charge in [0.2, 0.25) is 0 Å². The van der Waals surface area contributed by atoms with Gasteiger partial charge in [0.1, 0.15) is 0 Å². The number of hydrogen-bond acceptors (Lipinski definition) is 2. The van der Waals surface area contributed by atoms with Gasteiger partial charge < -0.3 is 0 Å². The van der Waals surface area contributed by atoms with Crippen molar-refractivity contribution in [3.63, 3.8) is 0 Å². The number of hydrogen-bond donors (Lipinski definition) is 0. The van der Waals surface area contributed by atoms with Crippen molar-refractivity contribution in [1.29, 1.82) is 0 Å². The van der Waals surface area contributed by atoms with Crippen LogP contribution in [0.3, 0.4) is 0 Å². The number of benzene rings is 2. The second kappa shape index (κ2) is 6.55. The molecule has 4 heteroatoms. The van der Waals surface area contributed by atoms with E-state index < -0.39 is 11.6 Å². The van der Waals surface area contributed by atoms with E-state index in [1.807, 2.05) is 60.7 Å². The van der Waals surface area contributed by atoms with E-state index in [4.69, 9.17) is 12.8 Å². The fraction of sp³-hybridized carbons (Fsp3) is 0.143. The first kappa shape index (κ1) is 16.4. The minimum Gasteiger partial charge on any atom is -0.290 e. The van der Waals surface area contributed by atoms with Crippen LogP contribution in [0.5, 0.6) is 0 Å². The predicted molar refractivity (Wildman–Crippen MR) is 95.1 cm³/mol. The van der Waals surface area contributed by atoms with E-state index in [0.717, 1.165) is 4.90 Å². The van der Waals surface area contributed by atoms with Crippen LogP contribution < -0.4 is 0 Å². The molecule has 2 aromatic rings. The lowest BCUT2D eigenvalue weighted by molar-refractivity contribution is -0.131. The highest BCUT2D eigenvalue weighted by atomic mass is 16.2. The lowest BCUT2D eigenvalue weighted by atomic mass is 9.81. The minimum absolute atomic E-state index is 0.00453. The molecule has 3 rings (SSSR count). The Hall–Kier alpha value is -3.50. The number of rotatable bonds is 4. The molecule has 1 saturated heterocycles. The van der Waals surface area contributed by atoms with Crippen LogP contribution in [0.25, 0.3) is 0 Å². The second-order valence-corrected chi connectivity index (χ2v) is 5.61. The molecule has 3 amide bonds. The van der Waals surface area contributed by atoms with Crippen molar-refractivity contribution >= 4 is 11.9 Å². The molecule has 0 spiro atoms. The molecule has 1 fully saturated rings. The van der Waals surface area contributed by atoms with Gasteiger partial charge in [0, 0.05) is 0 Å². The summed E-state index contributed by atoms with van der Waals surface area (Å²) in [5.74, 6) is 4.49. The summed E-state index contributed by atoms with van der Waals surface area (Å²) >= 11 is 0. The Morgan fingerprint density at radius 1 is 0.800 bits per heavy atom. The molecule has 25 heavy (non-hydrogen) atoms. The monoisotopic (exact) mass is 328 g/mol. The fourth-order valence-corrected chi connectivity index (χ4v) is 3.28. The summed E-state index contributed by atoms with van der Waals surface area (Å²) in [6, 6.07) is 17.8. The maximum atomic E-state index is 13.4. The Labute approximate surface area is 147 Å². The highest BCUT2D eigenvalue weighted by Crippen LogP contribution is 2.42. The zero-order valence-electron chi connectivity index (χ0n) is 13.6. The number of nitrogens with zero attached hydrogens (tertiary/aromatic N) is 2. The average molecular weight is 328 g/mol. The maximum Gasteiger partial charge on any atom is 0.329 e. The van der Waals surface area contributed by atoms with E-state index in [0.29, 0.717) is 11.1 Å². The number of carbonyl (C=O) groups excluding carboxylic acids is 2. The van der Waals surface area contributed by atoms with Crippen molar-refractivity contribution in [3.8, 4) is 24.7 Å². The lowest BCUT2D eigenvalue weighted by Gasteiger charge is -2.35. The average Bonchev–Trinajstić information content (AvgIpc) is 2.86. The fourth-order valence-electron chi connectivity index (χ4n) is 3.28. The molecule has 2 aromatic carbocycles. The first-order valence-electron chi connectivity index (χ1n) is 7.79. The first-order valence-corrected chi connectivity index (χ1v) is 7.79. The highest BCUT2D eigenvalue weighted by Gasteiger charge is 2.58. The van der Waals surface area contributed by atoms with Gasteiger partial charge in [-0.3, -0.25) is 9.69 Å². The van der Waals surface area contributed by atoms with Crippen LogP contribution >= 0.6 is 0 Å². The third kappa shape index (κ3) is 2.36. The van der Waals surface area contributed by atoms with Gasteiger partial charge in [-0.05, 0) is 11.1 Å². The van der Waals surface area contributed by atoms with Crippen LogP contribution in [0.2, 0.25) is 0 Å². The third-order valence-electron chi connectivity index (χ3n) is 4.30. The van der Waals surface area contributed by atoms with Crippen LogP contribution in [-0.2, 0) is 10.3 Å². The number of amides is 3. The zero-order chi connectivity index (χ0) is 17.9. The van der Waals surface area contributed by atoms with E-state index >= 15 is 0 Å². The first-order chi connectivity index (χ1) is 12.2. The van der Waals surface area contributed by atoms with Crippen LogP contribution in [0.4, 0.5) is 4.79 Å². The molecule has 122 valence electrons. The summed E-state index contributed by atoms with van der Waals surface area (Å²) in [6.07, 6.45) is 10.9. The van der Waals surface area contributed by atoms with E-state index in [2.05, 4.69) is 11.8 Å². The highest BCUT2D eigenvalue weighted by molar-refractivity contribution is 6.09. The number of carbonyl (C=O) groups is 2. The van der Waals surface area contributed by atoms with Crippen molar-refractivity contribution in [2.45, 2.75) is 5.54 Å². The predicted octanol–water partition coefficient (Wildman–Crippen LogP) is 2.46. The van der Waals surface area contributed by atoms with Gasteiger partial charge in [-0.1, -0.05) is 72.5 Å². The Kier molecular flexibility index (Phi) is 4.29. The number of terminal acetylenes is 2. The smallest absolute Gasteiger partial charge is 0.290 e. The van der Waals surface area contributed by atoms with Gasteiger partial charge in [-0.2, -0.15) is 0 Å². The second-order valence-electron chi connectivity index (χ2n) is 5.61. The lowest BCUT2D eigenvalue weighted by Crippen LogP contribution is -2.48. The van der Waals surface area contributed by atoms with Crippen molar-refractivity contribution in [1.82, 2.24) is 9.80 Å². The summed E-state index contributed by atoms with van der Waals surface area (Å²) in [4.78, 5) is 28.8. The van der Waals surface area contributed by atoms with Crippen LogP contribution in [0.1, 0.15) is 11.1 Å². The van der Waals surface area contributed by atoms with Crippen LogP contribution in [0.15, 0.2) is 60.7 Å². The van der Waals surface area contributed by atoms with Gasteiger partial charge in [0.25, 0.3) is 5.91 Å². The summed E-state index contributed by atoms with van der Waals surface area (Å²) in [5, 5.41) is 0. The normalized spacial score (nSPS) is 15.8. The molecule has 0 unspecified atom stereocenters. The van der Waals surface area contributed by atoms with Gasteiger partial charge in [0.15, 0.2) is 5.54 Å². The Bertz CT molecular complexity index is 836. The molecular formula is C21H16N2O2. The molecule has 1 aliphatic heterocycles. The Morgan fingerprint density at radius 2 is 1.28 bits per heavy atom. The van der Waals surface area contributed by atoms with E-state index in [-0.39, 0.29) is 19.0 Å². The van der Waals surface area contributed by atoms with Crippen molar-refractivity contribution < 1.29 is 9.59 Å². The van der Waals surface area contributed by atoms with Crippen LogP contribution in [-0.4, -0.2) is 34.8 Å². The van der Waals surface area contributed by atoms with Crippen LogP contribution in [0, 0.1) is 24.7 Å². The zero-order valence-corrected chi connectivity index (χ0v) is 13.6. The summed E-state index contributed by atoms with van der Waals surface area (Å²) in [7, 11) is 0. The molecule has 0 bridgehead atoms. The molecule has 0 saturated carbocycles. The summed E-state index contributed by atoms with van der Waals surface area (Å²) in [6.45, 7) is -0.102. The molecular weight excluding hydrogens is 312 g/mol. The van der Waals surface area contributed by atoms with E-state index in [1.165, 1.54) is 4.90 Å². The van der Waals surface area contributed by atoms with Crippen molar-refractivity contribution in [2.24, 2.45) is 0 Å². The molecule has 0 N–H and O–H groups in total. The molecule has 1 heterocycles. The molecule has 0 aromatic heterocycles. The van der Waals surface area contributed by atoms with Crippen molar-refractivity contribution in [2.75, 3.05) is 13.1 Å². The molecule has 0 aliphatic carbocycles. The SMILES string of the molecule is C#CCN1C(=O)N(CC#C)C(c2ccccc2)(c2ccccc2)C1=O. The molecule has 4 nitrogen and oxygen atoms in total. The van der Waals surface area contributed by atoms with E-state index in [1.54, 1.807) is 0 Å². The van der Waals surface area contributed by atoms with E-state index in [9.17, 15) is 9.59 Å². The quantitative estimate of drug-likeness (QED) is 0.639. The standard InChI is InChI=1S/C21H16N2O2/c1-3-15-22-19(24)21(17-11-7-5-8-12-17,18-13-9-6-10-14-18)23(16-4-2)20(22)25/h1-2,5-14H,15-16H2. The Morgan fingerprint density at radius 3 is 1.72 bits per heavy atom. The Balaban J connectivity index is 2.33. The van der Waals surface area contributed by atoms with Gasteiger partial charge >= 0.3 is 6.03 Å². The minimum atomic E-state index is -1.32. The van der Waals surface area contributed by atoms with Gasteiger partial charge in [0.05, 0.1) is 13.1 Å². The summed E-state index contributed by atoms with van der Waals surface area (Å²) < 4.78 is 0. The molecule has 1 aliphatic rings. The van der Waals surface area contributed by atoms with Crippen molar-refractivity contribution in [3.05, 3.63) is 71.8 Å². The van der Waals surface area contributed by atoms with Gasteiger partial charge in [-0.15, -0.1) is 12.8 Å². The number of urea groups is 1. The molecule has 0 radical (unpaired) electrons. The van der Waals surface area contributed by atoms with Gasteiger partial charge in [-0.25, -0.2) is 9.69 Å².